The van der Waals surface area contributed by atoms with Gasteiger partial charge in [0, 0.05) is 50.5 Å². The summed E-state index contributed by atoms with van der Waals surface area (Å²) in [6.45, 7) is 5.44. The Morgan fingerprint density at radius 1 is 1.19 bits per heavy atom. The topological polar surface area (TPSA) is 47.4 Å². The summed E-state index contributed by atoms with van der Waals surface area (Å²) in [6.07, 6.45) is 6.51. The second kappa shape index (κ2) is 8.26. The molecule has 1 atom stereocenters. The molecule has 4 rings (SSSR count). The van der Waals surface area contributed by atoms with Crippen LogP contribution in [0.15, 0.2) is 36.5 Å². The quantitative estimate of drug-likeness (QED) is 0.813. The summed E-state index contributed by atoms with van der Waals surface area (Å²) in [7, 11) is 0. The molecule has 0 saturated carbocycles. The molecule has 0 radical (unpaired) electrons. The highest BCUT2D eigenvalue weighted by Crippen LogP contribution is 2.32. The molecular weight excluding hydrogens is 338 g/mol. The zero-order chi connectivity index (χ0) is 18.6. The van der Waals surface area contributed by atoms with Crippen molar-refractivity contribution in [3.05, 3.63) is 53.6 Å². The van der Waals surface area contributed by atoms with Crippen molar-refractivity contribution in [3.63, 3.8) is 0 Å². The molecule has 1 amide bonds. The van der Waals surface area contributed by atoms with Gasteiger partial charge in [0.05, 0.1) is 6.04 Å². The van der Waals surface area contributed by atoms with Gasteiger partial charge in [0.1, 0.15) is 5.82 Å². The number of hydrogen-bond donors (Lipinski definition) is 0. The first-order valence-electron chi connectivity index (χ1n) is 10.2. The standard InChI is InChI=1S/C22H29N3O2/c1-17-15-23-22(19-10-13-27-14-11-19)25(17)20-9-12-24(16-20)21(26)8-7-18-5-3-2-4-6-18/h2-6,15,19-20H,7-14,16H2,1H3. The maximum absolute atomic E-state index is 12.7. The Morgan fingerprint density at radius 2 is 1.96 bits per heavy atom. The summed E-state index contributed by atoms with van der Waals surface area (Å²) in [6, 6.07) is 10.6. The fraction of sp³-hybridized carbons (Fsp3) is 0.545. The molecule has 2 aliphatic heterocycles. The Labute approximate surface area is 161 Å². The number of carbonyl (C=O) groups excluding carboxylic acids is 1. The summed E-state index contributed by atoms with van der Waals surface area (Å²) in [5, 5.41) is 0. The number of likely N-dealkylation sites (tertiary alicyclic amines) is 1. The third-order valence-corrected chi connectivity index (χ3v) is 5.95. The number of rotatable bonds is 5. The van der Waals surface area contributed by atoms with E-state index in [0.29, 0.717) is 18.4 Å². The summed E-state index contributed by atoms with van der Waals surface area (Å²) in [5.41, 5.74) is 2.44. The molecule has 1 aromatic carbocycles. The molecular formula is C22H29N3O2. The van der Waals surface area contributed by atoms with Crippen LogP contribution in [-0.2, 0) is 16.0 Å². The fourth-order valence-electron chi connectivity index (χ4n) is 4.43. The van der Waals surface area contributed by atoms with Crippen molar-refractivity contribution in [3.8, 4) is 0 Å². The maximum atomic E-state index is 12.7. The molecule has 5 nitrogen and oxygen atoms in total. The first-order chi connectivity index (χ1) is 13.2. The van der Waals surface area contributed by atoms with Gasteiger partial charge in [-0.1, -0.05) is 30.3 Å². The van der Waals surface area contributed by atoms with Crippen molar-refractivity contribution >= 4 is 5.91 Å². The number of aromatic nitrogens is 2. The Morgan fingerprint density at radius 3 is 2.74 bits per heavy atom. The van der Waals surface area contributed by atoms with E-state index < -0.39 is 0 Å². The van der Waals surface area contributed by atoms with Crippen molar-refractivity contribution in [1.82, 2.24) is 14.5 Å². The van der Waals surface area contributed by atoms with Crippen LogP contribution in [0, 0.1) is 6.92 Å². The highest BCUT2D eigenvalue weighted by atomic mass is 16.5. The lowest BCUT2D eigenvalue weighted by atomic mass is 9.99. The molecule has 1 aromatic heterocycles. The molecule has 5 heteroatoms. The van der Waals surface area contributed by atoms with E-state index in [1.165, 1.54) is 17.1 Å². The molecule has 2 saturated heterocycles. The fourth-order valence-corrected chi connectivity index (χ4v) is 4.43. The number of ether oxygens (including phenoxy) is 1. The minimum atomic E-state index is 0.270. The zero-order valence-electron chi connectivity index (χ0n) is 16.1. The monoisotopic (exact) mass is 367 g/mol. The summed E-state index contributed by atoms with van der Waals surface area (Å²) in [5.74, 6) is 1.95. The van der Waals surface area contributed by atoms with Crippen LogP contribution in [0.5, 0.6) is 0 Å². The van der Waals surface area contributed by atoms with Crippen LogP contribution in [0.2, 0.25) is 0 Å². The highest BCUT2D eigenvalue weighted by molar-refractivity contribution is 5.76. The van der Waals surface area contributed by atoms with Gasteiger partial charge >= 0.3 is 0 Å². The number of benzene rings is 1. The molecule has 27 heavy (non-hydrogen) atoms. The van der Waals surface area contributed by atoms with Crippen molar-refractivity contribution in [2.75, 3.05) is 26.3 Å². The molecule has 2 aromatic rings. The molecule has 144 valence electrons. The number of hydrogen-bond acceptors (Lipinski definition) is 3. The van der Waals surface area contributed by atoms with Crippen LogP contribution >= 0.6 is 0 Å². The van der Waals surface area contributed by atoms with Crippen LogP contribution in [0.1, 0.15) is 54.7 Å². The van der Waals surface area contributed by atoms with Gasteiger partial charge in [0.15, 0.2) is 0 Å². The largest absolute Gasteiger partial charge is 0.381 e. The molecule has 0 bridgehead atoms. The van der Waals surface area contributed by atoms with Gasteiger partial charge in [-0.2, -0.15) is 0 Å². The van der Waals surface area contributed by atoms with E-state index in [1.807, 2.05) is 29.3 Å². The summed E-state index contributed by atoms with van der Waals surface area (Å²) in [4.78, 5) is 19.5. The number of nitrogens with zero attached hydrogens (tertiary/aromatic N) is 3. The molecule has 0 aliphatic carbocycles. The average Bonchev–Trinajstić information content (AvgIpc) is 3.34. The lowest BCUT2D eigenvalue weighted by Crippen LogP contribution is -2.30. The number of carbonyl (C=O) groups is 1. The second-order valence-corrected chi connectivity index (χ2v) is 7.78. The Bertz CT molecular complexity index is 765. The second-order valence-electron chi connectivity index (χ2n) is 7.78. The van der Waals surface area contributed by atoms with Crippen LogP contribution in [-0.4, -0.2) is 46.7 Å². The van der Waals surface area contributed by atoms with E-state index in [1.54, 1.807) is 0 Å². The predicted octanol–water partition coefficient (Wildman–Crippen LogP) is 3.49. The highest BCUT2D eigenvalue weighted by Gasteiger charge is 2.31. The third kappa shape index (κ3) is 4.08. The number of imidazole rings is 1. The van der Waals surface area contributed by atoms with Crippen molar-refractivity contribution < 1.29 is 9.53 Å². The Kier molecular flexibility index (Phi) is 5.58. The van der Waals surface area contributed by atoms with E-state index in [0.717, 1.165) is 52.0 Å². The van der Waals surface area contributed by atoms with Gasteiger partial charge < -0.3 is 14.2 Å². The minimum absolute atomic E-state index is 0.270. The van der Waals surface area contributed by atoms with Crippen LogP contribution in [0.3, 0.4) is 0 Å². The van der Waals surface area contributed by atoms with Crippen molar-refractivity contribution in [2.24, 2.45) is 0 Å². The van der Waals surface area contributed by atoms with Crippen LogP contribution in [0.4, 0.5) is 0 Å². The van der Waals surface area contributed by atoms with Crippen LogP contribution in [0.25, 0.3) is 0 Å². The van der Waals surface area contributed by atoms with Gasteiger partial charge in [0.2, 0.25) is 5.91 Å². The molecule has 0 spiro atoms. The van der Waals surface area contributed by atoms with Gasteiger partial charge in [-0.25, -0.2) is 4.98 Å². The first-order valence-corrected chi connectivity index (χ1v) is 10.2. The summed E-state index contributed by atoms with van der Waals surface area (Å²) >= 11 is 0. The van der Waals surface area contributed by atoms with Crippen molar-refractivity contribution in [1.29, 1.82) is 0 Å². The lowest BCUT2D eigenvalue weighted by Gasteiger charge is -2.26. The van der Waals surface area contributed by atoms with Crippen LogP contribution < -0.4 is 0 Å². The Hall–Kier alpha value is -2.14. The average molecular weight is 367 g/mol. The van der Waals surface area contributed by atoms with Crippen molar-refractivity contribution in [2.45, 2.75) is 51.0 Å². The van der Waals surface area contributed by atoms with Gasteiger partial charge in [-0.05, 0) is 38.2 Å². The number of amides is 1. The molecule has 2 fully saturated rings. The van der Waals surface area contributed by atoms with E-state index >= 15 is 0 Å². The lowest BCUT2D eigenvalue weighted by molar-refractivity contribution is -0.130. The zero-order valence-corrected chi connectivity index (χ0v) is 16.1. The third-order valence-electron chi connectivity index (χ3n) is 5.95. The summed E-state index contributed by atoms with van der Waals surface area (Å²) < 4.78 is 7.92. The maximum Gasteiger partial charge on any atom is 0.222 e. The van der Waals surface area contributed by atoms with Gasteiger partial charge in [-0.15, -0.1) is 0 Å². The first kappa shape index (κ1) is 18.2. The van der Waals surface area contributed by atoms with E-state index in [2.05, 4.69) is 23.6 Å². The predicted molar refractivity (Wildman–Crippen MR) is 105 cm³/mol. The molecule has 2 aliphatic rings. The van der Waals surface area contributed by atoms with Gasteiger partial charge in [0.25, 0.3) is 0 Å². The van der Waals surface area contributed by atoms with E-state index in [4.69, 9.17) is 9.72 Å². The van der Waals surface area contributed by atoms with E-state index in [9.17, 15) is 4.79 Å². The van der Waals surface area contributed by atoms with E-state index in [-0.39, 0.29) is 5.91 Å². The Balaban J connectivity index is 1.39. The molecule has 1 unspecified atom stereocenters. The smallest absolute Gasteiger partial charge is 0.222 e. The number of aryl methyl sites for hydroxylation is 2. The normalized spacial score (nSPS) is 20.9. The van der Waals surface area contributed by atoms with Gasteiger partial charge in [-0.3, -0.25) is 4.79 Å². The minimum Gasteiger partial charge on any atom is -0.381 e. The molecule has 0 N–H and O–H groups in total. The molecule has 3 heterocycles. The SMILES string of the molecule is Cc1cnc(C2CCOCC2)n1C1CCN(C(=O)CCc2ccccc2)C1.